The van der Waals surface area contributed by atoms with Gasteiger partial charge in [-0.3, -0.25) is 0 Å². The molecule has 3 rings (SSSR count). The Labute approximate surface area is 122 Å². The van der Waals surface area contributed by atoms with Crippen LogP contribution in [-0.2, 0) is 0 Å². The van der Waals surface area contributed by atoms with Gasteiger partial charge in [0.05, 0.1) is 12.6 Å². The highest BCUT2D eigenvalue weighted by Crippen LogP contribution is 2.19. The zero-order valence-electron chi connectivity index (χ0n) is 12.0. The molecule has 1 aromatic carbocycles. The van der Waals surface area contributed by atoms with E-state index >= 15 is 0 Å². The maximum atomic E-state index is 9.27. The minimum Gasteiger partial charge on any atom is -0.394 e. The van der Waals surface area contributed by atoms with Crippen LogP contribution in [0, 0.1) is 0 Å². The molecule has 0 bridgehead atoms. The Hall–Kier alpha value is -2.47. The number of anilines is 1. The van der Waals surface area contributed by atoms with Gasteiger partial charge in [0.2, 0.25) is 0 Å². The van der Waals surface area contributed by atoms with Gasteiger partial charge in [-0.2, -0.15) is 4.52 Å². The molecule has 6 heteroatoms. The third-order valence-electron chi connectivity index (χ3n) is 3.57. The predicted molar refractivity (Wildman–Crippen MR) is 81.2 cm³/mol. The average Bonchev–Trinajstić information content (AvgIpc) is 2.97. The molecule has 0 fully saturated rings. The highest BCUT2D eigenvalue weighted by molar-refractivity contribution is 5.59. The SMILES string of the molecule is CC(CO)N(C)c1ccc2nnc(-c3ccccc3)n2n1. The summed E-state index contributed by atoms with van der Waals surface area (Å²) < 4.78 is 1.73. The number of nitrogens with zero attached hydrogens (tertiary/aromatic N) is 5. The van der Waals surface area contributed by atoms with Crippen LogP contribution in [0.4, 0.5) is 5.82 Å². The summed E-state index contributed by atoms with van der Waals surface area (Å²) in [4.78, 5) is 1.92. The molecule has 6 nitrogen and oxygen atoms in total. The predicted octanol–water partition coefficient (Wildman–Crippen LogP) is 1.61. The summed E-state index contributed by atoms with van der Waals surface area (Å²) in [5, 5.41) is 22.2. The van der Waals surface area contributed by atoms with Crippen molar-refractivity contribution in [2.45, 2.75) is 13.0 Å². The van der Waals surface area contributed by atoms with Gasteiger partial charge in [-0.15, -0.1) is 15.3 Å². The van der Waals surface area contributed by atoms with E-state index in [1.54, 1.807) is 4.52 Å². The van der Waals surface area contributed by atoms with E-state index in [1.165, 1.54) is 0 Å². The molecule has 0 saturated carbocycles. The van der Waals surface area contributed by atoms with Crippen molar-refractivity contribution in [2.75, 3.05) is 18.6 Å². The Kier molecular flexibility index (Phi) is 3.53. The molecule has 0 spiro atoms. The zero-order valence-corrected chi connectivity index (χ0v) is 12.0. The van der Waals surface area contributed by atoms with Gasteiger partial charge < -0.3 is 10.0 Å². The van der Waals surface area contributed by atoms with Gasteiger partial charge in [0.25, 0.3) is 0 Å². The topological polar surface area (TPSA) is 66.5 Å². The van der Waals surface area contributed by atoms with Crippen LogP contribution in [0.15, 0.2) is 42.5 Å². The molecule has 0 aliphatic rings. The van der Waals surface area contributed by atoms with Crippen LogP contribution in [-0.4, -0.2) is 44.6 Å². The van der Waals surface area contributed by atoms with Gasteiger partial charge in [-0.1, -0.05) is 30.3 Å². The summed E-state index contributed by atoms with van der Waals surface area (Å²) in [6.07, 6.45) is 0. The van der Waals surface area contributed by atoms with Crippen LogP contribution in [0.1, 0.15) is 6.92 Å². The van der Waals surface area contributed by atoms with Gasteiger partial charge in [0, 0.05) is 12.6 Å². The van der Waals surface area contributed by atoms with Crippen molar-refractivity contribution in [2.24, 2.45) is 0 Å². The molecule has 108 valence electrons. The van der Waals surface area contributed by atoms with Gasteiger partial charge in [0.1, 0.15) is 5.82 Å². The summed E-state index contributed by atoms with van der Waals surface area (Å²) in [6.45, 7) is 2.01. The Morgan fingerprint density at radius 3 is 2.62 bits per heavy atom. The van der Waals surface area contributed by atoms with Crippen molar-refractivity contribution in [1.82, 2.24) is 19.8 Å². The molecule has 0 aliphatic carbocycles. The highest BCUT2D eigenvalue weighted by Gasteiger charge is 2.14. The lowest BCUT2D eigenvalue weighted by Gasteiger charge is -2.23. The molecule has 21 heavy (non-hydrogen) atoms. The van der Waals surface area contributed by atoms with E-state index in [9.17, 15) is 5.11 Å². The Balaban J connectivity index is 2.08. The fraction of sp³-hybridized carbons (Fsp3) is 0.267. The third-order valence-corrected chi connectivity index (χ3v) is 3.57. The summed E-state index contributed by atoms with van der Waals surface area (Å²) in [7, 11) is 1.90. The van der Waals surface area contributed by atoms with E-state index < -0.39 is 0 Å². The average molecular weight is 283 g/mol. The normalized spacial score (nSPS) is 12.5. The lowest BCUT2D eigenvalue weighted by molar-refractivity contribution is 0.269. The summed E-state index contributed by atoms with van der Waals surface area (Å²) in [5.74, 6) is 1.47. The van der Waals surface area contributed by atoms with Crippen molar-refractivity contribution in [3.05, 3.63) is 42.5 Å². The van der Waals surface area contributed by atoms with Crippen molar-refractivity contribution in [3.63, 3.8) is 0 Å². The summed E-state index contributed by atoms with van der Waals surface area (Å²) in [5.41, 5.74) is 1.66. The lowest BCUT2D eigenvalue weighted by atomic mass is 10.2. The molecule has 1 unspecified atom stereocenters. The van der Waals surface area contributed by atoms with Crippen molar-refractivity contribution in [3.8, 4) is 11.4 Å². The van der Waals surface area contributed by atoms with Crippen molar-refractivity contribution < 1.29 is 5.11 Å². The molecule has 3 aromatic rings. The first-order chi connectivity index (χ1) is 10.2. The molecular weight excluding hydrogens is 266 g/mol. The zero-order chi connectivity index (χ0) is 14.8. The Bertz CT molecular complexity index is 740. The Morgan fingerprint density at radius 1 is 1.14 bits per heavy atom. The van der Waals surface area contributed by atoms with Crippen molar-refractivity contribution in [1.29, 1.82) is 0 Å². The number of aliphatic hydroxyl groups excluding tert-OH is 1. The molecule has 2 heterocycles. The van der Waals surface area contributed by atoms with Crippen LogP contribution >= 0.6 is 0 Å². The van der Waals surface area contributed by atoms with Gasteiger partial charge >= 0.3 is 0 Å². The quantitative estimate of drug-likeness (QED) is 0.788. The minimum absolute atomic E-state index is 0.00777. The lowest BCUT2D eigenvalue weighted by Crippen LogP contribution is -2.32. The van der Waals surface area contributed by atoms with Crippen LogP contribution in [0.25, 0.3) is 17.0 Å². The van der Waals surface area contributed by atoms with Crippen LogP contribution < -0.4 is 4.90 Å². The first kappa shape index (κ1) is 13.5. The third kappa shape index (κ3) is 2.45. The van der Waals surface area contributed by atoms with Crippen LogP contribution in [0.3, 0.4) is 0 Å². The number of fused-ring (bicyclic) bond motifs is 1. The standard InChI is InChI=1S/C15H17N5O/c1-11(10-21)19(2)14-9-8-13-16-17-15(20(13)18-14)12-6-4-3-5-7-12/h3-9,11,21H,10H2,1-2H3. The largest absolute Gasteiger partial charge is 0.394 e. The number of benzene rings is 1. The maximum absolute atomic E-state index is 9.27. The molecule has 1 N–H and O–H groups in total. The second-order valence-corrected chi connectivity index (χ2v) is 4.99. The monoisotopic (exact) mass is 283 g/mol. The van der Waals surface area contributed by atoms with Gasteiger partial charge in [-0.25, -0.2) is 0 Å². The maximum Gasteiger partial charge on any atom is 0.185 e. The highest BCUT2D eigenvalue weighted by atomic mass is 16.3. The molecule has 2 aromatic heterocycles. The molecular formula is C15H17N5O. The van der Waals surface area contributed by atoms with E-state index in [0.717, 1.165) is 11.4 Å². The number of rotatable bonds is 4. The molecule has 1 atom stereocenters. The number of hydrogen-bond donors (Lipinski definition) is 1. The summed E-state index contributed by atoms with van der Waals surface area (Å²) in [6, 6.07) is 13.6. The van der Waals surface area contributed by atoms with E-state index in [1.807, 2.05) is 61.3 Å². The first-order valence-electron chi connectivity index (χ1n) is 6.82. The fourth-order valence-corrected chi connectivity index (χ4v) is 2.08. The van der Waals surface area contributed by atoms with E-state index in [0.29, 0.717) is 11.5 Å². The number of aromatic nitrogens is 4. The van der Waals surface area contributed by atoms with Crippen LogP contribution in [0.5, 0.6) is 0 Å². The second kappa shape index (κ2) is 5.49. The van der Waals surface area contributed by atoms with E-state index in [2.05, 4.69) is 15.3 Å². The molecule has 0 aliphatic heterocycles. The smallest absolute Gasteiger partial charge is 0.185 e. The summed E-state index contributed by atoms with van der Waals surface area (Å²) >= 11 is 0. The van der Waals surface area contributed by atoms with E-state index in [4.69, 9.17) is 0 Å². The van der Waals surface area contributed by atoms with Crippen molar-refractivity contribution >= 4 is 11.5 Å². The fourth-order valence-electron chi connectivity index (χ4n) is 2.08. The number of aliphatic hydroxyl groups is 1. The minimum atomic E-state index is -0.00777. The van der Waals surface area contributed by atoms with Gasteiger partial charge in [-0.05, 0) is 19.1 Å². The second-order valence-electron chi connectivity index (χ2n) is 4.99. The van der Waals surface area contributed by atoms with Crippen LogP contribution in [0.2, 0.25) is 0 Å². The Morgan fingerprint density at radius 2 is 1.90 bits per heavy atom. The molecule has 0 saturated heterocycles. The van der Waals surface area contributed by atoms with Gasteiger partial charge in [0.15, 0.2) is 11.5 Å². The molecule has 0 radical (unpaired) electrons. The number of hydrogen-bond acceptors (Lipinski definition) is 5. The number of likely N-dealkylation sites (N-methyl/N-ethyl adjacent to an activating group) is 1. The molecule has 0 amide bonds. The first-order valence-corrected chi connectivity index (χ1v) is 6.82. The van der Waals surface area contributed by atoms with E-state index in [-0.39, 0.29) is 12.6 Å².